The molecule has 1 aliphatic heterocycles. The second-order valence-corrected chi connectivity index (χ2v) is 51.5. The average Bonchev–Trinajstić information content (AvgIpc) is 3.95. The number of nitrogens with two attached hydrogens (primary N) is 1. The fourth-order valence-corrected chi connectivity index (χ4v) is 32.2. The van der Waals surface area contributed by atoms with Gasteiger partial charge in [-0.1, -0.05) is 83.1 Å². The molecule has 0 aliphatic carbocycles. The number of rotatable bonds is 31. The van der Waals surface area contributed by atoms with Crippen LogP contribution in [0.2, 0.25) is 97.7 Å². The molecule has 1 aliphatic rings. The van der Waals surface area contributed by atoms with Crippen molar-refractivity contribution in [2.45, 2.75) is 225 Å². The van der Waals surface area contributed by atoms with Crippen LogP contribution >= 0.6 is 0 Å². The van der Waals surface area contributed by atoms with Gasteiger partial charge in [-0.25, -0.2) is 0 Å². The van der Waals surface area contributed by atoms with E-state index in [4.69, 9.17) is 56.1 Å². The maximum atomic E-state index is 10.2. The van der Waals surface area contributed by atoms with E-state index < -0.39 is 56.5 Å². The number of unbranched alkanes of at least 4 members (excludes halogenated alkanes) is 1. The molecule has 2 unspecified atom stereocenters. The van der Waals surface area contributed by atoms with Crippen LogP contribution in [0, 0.1) is 0 Å². The molecule has 1 saturated heterocycles. The third kappa shape index (κ3) is 30.0. The van der Waals surface area contributed by atoms with Crippen LogP contribution in [-0.4, -0.2) is 157 Å². The molecule has 0 saturated carbocycles. The van der Waals surface area contributed by atoms with Crippen LogP contribution < -0.4 is 5.73 Å². The molecule has 400 valence electrons. The lowest BCUT2D eigenvalue weighted by Crippen LogP contribution is -2.58. The fraction of sp³-hybridized carbons (Fsp3) is 1.00. The summed E-state index contributed by atoms with van der Waals surface area (Å²) in [7, 11) is -12.4. The quantitative estimate of drug-likeness (QED) is 0.0294. The maximum absolute atomic E-state index is 10.2. The highest BCUT2D eigenvalue weighted by Gasteiger charge is 2.51. The molecule has 2 atom stereocenters. The summed E-state index contributed by atoms with van der Waals surface area (Å²) in [5.41, 5.74) is 5.06. The Morgan fingerprint density at radius 2 is 0.833 bits per heavy atom. The molecule has 0 aromatic carbocycles. The first kappa shape index (κ1) is 68.9. The summed E-state index contributed by atoms with van der Waals surface area (Å²) in [5, 5.41) is 27.6. The number of aliphatic hydroxyl groups excluding tert-OH is 3. The standard InChI is InChI=1S/C24H56O6Si3.C19H44O4Si3.C4H11NO2/c1-23(2,3)31(7,8)29-33(11,30-32(9,10)24(4,5)6)20-14-18-28-21-22(26)15-12-13-17-27-19-16-25;1-18(2,3)24(7,8)22-26(11,23-25(9,10)19(4,5)6)14-12-13-20-15-17-16-21-17;5-1-3-7-4-2-6/h22,25-26H,12-21H2,1-11H3;17H,12-16H2,1-11H3;6H,1-5H2. The maximum Gasteiger partial charge on any atom is 0.314 e. The van der Waals surface area contributed by atoms with Crippen molar-refractivity contribution in [2.24, 2.45) is 5.73 Å². The van der Waals surface area contributed by atoms with Gasteiger partial charge in [-0.05, 0) is 130 Å². The molecule has 0 amide bonds. The minimum atomic E-state index is -2.40. The molecule has 0 radical (unpaired) electrons. The zero-order valence-electron chi connectivity index (χ0n) is 47.2. The van der Waals surface area contributed by atoms with Gasteiger partial charge in [0, 0.05) is 26.4 Å². The second-order valence-electron chi connectivity index (χ2n) is 24.6. The molecular weight excluding hydrogens is 939 g/mol. The van der Waals surface area contributed by atoms with Gasteiger partial charge in [-0.3, -0.25) is 0 Å². The van der Waals surface area contributed by atoms with Crippen LogP contribution in [-0.2, 0) is 40.1 Å². The number of hydrogen-bond acceptors (Lipinski definition) is 13. The summed E-state index contributed by atoms with van der Waals surface area (Å²) in [4.78, 5) is 0. The highest BCUT2D eigenvalue weighted by Crippen LogP contribution is 2.45. The van der Waals surface area contributed by atoms with Crippen LogP contribution in [0.25, 0.3) is 0 Å². The lowest BCUT2D eigenvalue weighted by atomic mass is 10.2. The van der Waals surface area contributed by atoms with Crippen molar-refractivity contribution in [3.8, 4) is 0 Å². The lowest BCUT2D eigenvalue weighted by Gasteiger charge is -2.48. The van der Waals surface area contributed by atoms with Gasteiger partial charge < -0.3 is 61.2 Å². The van der Waals surface area contributed by atoms with Crippen LogP contribution in [0.1, 0.15) is 115 Å². The second kappa shape index (κ2) is 30.7. The van der Waals surface area contributed by atoms with E-state index in [1.54, 1.807) is 0 Å². The first-order valence-corrected chi connectivity index (χ1v) is 41.8. The van der Waals surface area contributed by atoms with Crippen molar-refractivity contribution >= 4 is 50.4 Å². The Balaban J connectivity index is 0. The molecule has 13 nitrogen and oxygen atoms in total. The van der Waals surface area contributed by atoms with E-state index in [0.29, 0.717) is 58.7 Å². The van der Waals surface area contributed by atoms with E-state index in [-0.39, 0.29) is 33.4 Å². The highest BCUT2D eigenvalue weighted by molar-refractivity contribution is 6.91. The van der Waals surface area contributed by atoms with E-state index >= 15 is 0 Å². The lowest BCUT2D eigenvalue weighted by molar-refractivity contribution is 0.0290. The Morgan fingerprint density at radius 1 is 0.500 bits per heavy atom. The fourth-order valence-electron chi connectivity index (χ4n) is 5.69. The molecule has 0 aromatic rings. The SMILES string of the molecule is CC(C)(C)[Si](C)(C)O[Si](C)(CCCOCC(O)CCCCOCCO)O[Si](C)(C)C(C)(C)C.CC(C)(C)[Si](C)(C)O[Si](C)(CCCOCC1CO1)O[Si](C)(C)C(C)(C)C.NCCOCCO. The summed E-state index contributed by atoms with van der Waals surface area (Å²) in [6, 6.07) is 1.90. The first-order valence-electron chi connectivity index (χ1n) is 25.1. The molecular formula is C47H111NO12Si6. The van der Waals surface area contributed by atoms with E-state index in [1.165, 1.54) is 0 Å². The summed E-state index contributed by atoms with van der Waals surface area (Å²) < 4.78 is 54.7. The Kier molecular flexibility index (Phi) is 32.1. The third-order valence-electron chi connectivity index (χ3n) is 13.8. The van der Waals surface area contributed by atoms with Gasteiger partial charge in [0.25, 0.3) is 0 Å². The summed E-state index contributed by atoms with van der Waals surface area (Å²) in [5.74, 6) is 0. The largest absolute Gasteiger partial charge is 0.436 e. The molecule has 0 spiro atoms. The Bertz CT molecular complexity index is 1190. The Hall–Kier alpha value is 0.781. The van der Waals surface area contributed by atoms with E-state index in [1.807, 2.05) is 0 Å². The number of epoxide rings is 1. The number of ether oxygens (including phenoxy) is 5. The first-order chi connectivity index (χ1) is 29.8. The molecule has 19 heteroatoms. The third-order valence-corrected chi connectivity index (χ3v) is 45.8. The number of aliphatic hydroxyl groups is 3. The Labute approximate surface area is 414 Å². The monoisotopic (exact) mass is 1050 g/mol. The van der Waals surface area contributed by atoms with E-state index in [0.717, 1.165) is 57.6 Å². The van der Waals surface area contributed by atoms with Crippen LogP contribution in [0.15, 0.2) is 0 Å². The van der Waals surface area contributed by atoms with E-state index in [9.17, 15) is 5.11 Å². The molecule has 1 heterocycles. The zero-order chi connectivity index (χ0) is 52.0. The van der Waals surface area contributed by atoms with Crippen molar-refractivity contribution in [3.63, 3.8) is 0 Å². The van der Waals surface area contributed by atoms with Gasteiger partial charge in [0.05, 0.1) is 59.0 Å². The predicted molar refractivity (Wildman–Crippen MR) is 291 cm³/mol. The summed E-state index contributed by atoms with van der Waals surface area (Å²) in [6.45, 7) is 56.6. The topological polar surface area (TPSA) is 173 Å². The van der Waals surface area contributed by atoms with Crippen molar-refractivity contribution in [3.05, 3.63) is 0 Å². The minimum absolute atomic E-state index is 0.0558. The predicted octanol–water partition coefficient (Wildman–Crippen LogP) is 10.9. The van der Waals surface area contributed by atoms with Gasteiger partial charge in [-0.2, -0.15) is 0 Å². The normalized spacial score (nSPS) is 16.4. The molecule has 66 heavy (non-hydrogen) atoms. The van der Waals surface area contributed by atoms with Gasteiger partial charge in [0.15, 0.2) is 33.3 Å². The molecule has 0 bridgehead atoms. The Morgan fingerprint density at radius 3 is 1.15 bits per heavy atom. The van der Waals surface area contributed by atoms with Crippen LogP contribution in [0.4, 0.5) is 0 Å². The summed E-state index contributed by atoms with van der Waals surface area (Å²) in [6.07, 6.45) is 4.26. The van der Waals surface area contributed by atoms with Crippen molar-refractivity contribution in [2.75, 3.05) is 79.2 Å². The molecule has 5 N–H and O–H groups in total. The average molecular weight is 1050 g/mol. The van der Waals surface area contributed by atoms with Gasteiger partial charge in [-0.15, -0.1) is 0 Å². The van der Waals surface area contributed by atoms with Crippen molar-refractivity contribution in [1.82, 2.24) is 0 Å². The van der Waals surface area contributed by atoms with Crippen molar-refractivity contribution in [1.29, 1.82) is 0 Å². The molecule has 0 aromatic heterocycles. The number of hydrogen-bond donors (Lipinski definition) is 4. The van der Waals surface area contributed by atoms with Gasteiger partial charge in [0.1, 0.15) is 6.10 Å². The molecule has 1 rings (SSSR count). The molecule has 1 fully saturated rings. The minimum Gasteiger partial charge on any atom is -0.436 e. The smallest absolute Gasteiger partial charge is 0.314 e. The summed E-state index contributed by atoms with van der Waals surface area (Å²) >= 11 is 0. The van der Waals surface area contributed by atoms with Crippen molar-refractivity contribution < 1.29 is 55.5 Å². The zero-order valence-corrected chi connectivity index (χ0v) is 53.2. The van der Waals surface area contributed by atoms with Gasteiger partial charge >= 0.3 is 17.1 Å². The van der Waals surface area contributed by atoms with E-state index in [2.05, 4.69) is 149 Å². The van der Waals surface area contributed by atoms with Crippen LogP contribution in [0.3, 0.4) is 0 Å². The van der Waals surface area contributed by atoms with Gasteiger partial charge in [0.2, 0.25) is 0 Å². The van der Waals surface area contributed by atoms with Crippen LogP contribution in [0.5, 0.6) is 0 Å². The highest BCUT2D eigenvalue weighted by atomic mass is 28.5.